The highest BCUT2D eigenvalue weighted by atomic mass is 35.5. The number of rotatable bonds is 8. The Morgan fingerprint density at radius 1 is 1.00 bits per heavy atom. The number of methoxy groups -OCH3 is 2. The molecule has 6 nitrogen and oxygen atoms in total. The van der Waals surface area contributed by atoms with Gasteiger partial charge in [0.2, 0.25) is 0 Å². The molecular weight excluding hydrogens is 448 g/mol. The summed E-state index contributed by atoms with van der Waals surface area (Å²) in [4.78, 5) is 28.6. The number of carbonyl (C=O) groups is 2. The standard InChI is InChI=1S/C24H21ClN2O4S/c1-30-17-9-10-18(19(14-17)31-2)26-22-21(20-4-3-13-32-20)23(28)27(24(22)29)12-11-15-5-7-16(25)8-6-15/h3-10,13-14,26H,11-12H2,1-2H3. The molecule has 2 aromatic carbocycles. The molecule has 2 heterocycles. The number of hydrogen-bond donors (Lipinski definition) is 1. The summed E-state index contributed by atoms with van der Waals surface area (Å²) in [5.74, 6) is 0.437. The number of amides is 2. The van der Waals surface area contributed by atoms with Crippen LogP contribution in [0.5, 0.6) is 11.5 Å². The molecule has 1 N–H and O–H groups in total. The maximum absolute atomic E-state index is 13.3. The van der Waals surface area contributed by atoms with Crippen LogP contribution in [0.3, 0.4) is 0 Å². The third-order valence-corrected chi connectivity index (χ3v) is 6.28. The predicted octanol–water partition coefficient (Wildman–Crippen LogP) is 4.85. The van der Waals surface area contributed by atoms with Crippen molar-refractivity contribution < 1.29 is 19.1 Å². The van der Waals surface area contributed by atoms with Crippen LogP contribution in [0.15, 0.2) is 65.7 Å². The Morgan fingerprint density at radius 3 is 2.44 bits per heavy atom. The van der Waals surface area contributed by atoms with Gasteiger partial charge in [0.05, 0.1) is 25.5 Å². The zero-order valence-corrected chi connectivity index (χ0v) is 19.1. The molecule has 164 valence electrons. The number of benzene rings is 2. The van der Waals surface area contributed by atoms with Crippen LogP contribution in [0.2, 0.25) is 5.02 Å². The van der Waals surface area contributed by atoms with Gasteiger partial charge in [-0.1, -0.05) is 29.8 Å². The van der Waals surface area contributed by atoms with Crippen molar-refractivity contribution in [2.75, 3.05) is 26.1 Å². The zero-order valence-electron chi connectivity index (χ0n) is 17.6. The van der Waals surface area contributed by atoms with Gasteiger partial charge in [0.15, 0.2) is 0 Å². The number of ether oxygens (including phenoxy) is 2. The molecule has 0 saturated heterocycles. The molecule has 2 amide bonds. The van der Waals surface area contributed by atoms with Crippen LogP contribution in [0.1, 0.15) is 10.4 Å². The largest absolute Gasteiger partial charge is 0.497 e. The summed E-state index contributed by atoms with van der Waals surface area (Å²) in [7, 11) is 3.10. The van der Waals surface area contributed by atoms with E-state index >= 15 is 0 Å². The third kappa shape index (κ3) is 4.35. The van der Waals surface area contributed by atoms with Gasteiger partial charge >= 0.3 is 0 Å². The van der Waals surface area contributed by atoms with Gasteiger partial charge in [-0.25, -0.2) is 0 Å². The molecule has 4 rings (SSSR count). The first-order valence-corrected chi connectivity index (χ1v) is 11.2. The van der Waals surface area contributed by atoms with Crippen LogP contribution in [0.25, 0.3) is 5.57 Å². The third-order valence-electron chi connectivity index (χ3n) is 5.14. The highest BCUT2D eigenvalue weighted by Gasteiger charge is 2.39. The number of halogens is 1. The number of anilines is 1. The highest BCUT2D eigenvalue weighted by Crippen LogP contribution is 2.36. The first kappa shape index (κ1) is 21.9. The molecule has 1 aromatic heterocycles. The van der Waals surface area contributed by atoms with Crippen LogP contribution >= 0.6 is 22.9 Å². The molecule has 32 heavy (non-hydrogen) atoms. The fourth-order valence-corrected chi connectivity index (χ4v) is 4.37. The lowest BCUT2D eigenvalue weighted by Crippen LogP contribution is -2.34. The Balaban J connectivity index is 1.64. The minimum absolute atomic E-state index is 0.233. The lowest BCUT2D eigenvalue weighted by atomic mass is 10.1. The second kappa shape index (κ2) is 9.46. The van der Waals surface area contributed by atoms with E-state index in [2.05, 4.69) is 5.32 Å². The number of hydrogen-bond acceptors (Lipinski definition) is 6. The second-order valence-corrected chi connectivity index (χ2v) is 8.44. The van der Waals surface area contributed by atoms with Crippen LogP contribution in [0, 0.1) is 0 Å². The quantitative estimate of drug-likeness (QED) is 0.478. The first-order valence-electron chi connectivity index (χ1n) is 9.89. The van der Waals surface area contributed by atoms with Gasteiger partial charge in [0, 0.05) is 22.5 Å². The molecule has 0 fully saturated rings. The van der Waals surface area contributed by atoms with Crippen molar-refractivity contribution in [2.45, 2.75) is 6.42 Å². The Bertz CT molecular complexity index is 1170. The molecule has 0 unspecified atom stereocenters. The minimum atomic E-state index is -0.370. The average Bonchev–Trinajstić information content (AvgIpc) is 3.41. The SMILES string of the molecule is COc1ccc(NC2=C(c3cccs3)C(=O)N(CCc3ccc(Cl)cc3)C2=O)c(OC)c1. The number of carbonyl (C=O) groups excluding carboxylic acids is 2. The highest BCUT2D eigenvalue weighted by molar-refractivity contribution is 7.11. The van der Waals surface area contributed by atoms with E-state index in [0.717, 1.165) is 10.4 Å². The summed E-state index contributed by atoms with van der Waals surface area (Å²) >= 11 is 7.36. The normalized spacial score (nSPS) is 13.7. The van der Waals surface area contributed by atoms with Gasteiger partial charge in [-0.2, -0.15) is 0 Å². The summed E-state index contributed by atoms with van der Waals surface area (Å²) in [6.45, 7) is 0.263. The second-order valence-electron chi connectivity index (χ2n) is 7.06. The van der Waals surface area contributed by atoms with E-state index in [4.69, 9.17) is 21.1 Å². The van der Waals surface area contributed by atoms with E-state index in [-0.39, 0.29) is 24.1 Å². The van der Waals surface area contributed by atoms with Gasteiger partial charge < -0.3 is 14.8 Å². The predicted molar refractivity (Wildman–Crippen MR) is 126 cm³/mol. The average molecular weight is 469 g/mol. The Kier molecular flexibility index (Phi) is 6.48. The van der Waals surface area contributed by atoms with Crippen LogP contribution in [0.4, 0.5) is 5.69 Å². The Morgan fingerprint density at radius 2 is 1.78 bits per heavy atom. The summed E-state index contributed by atoms with van der Waals surface area (Å²) in [6.07, 6.45) is 0.533. The Labute approximate surface area is 195 Å². The lowest BCUT2D eigenvalue weighted by Gasteiger charge is -2.16. The number of imide groups is 1. The molecule has 0 radical (unpaired) electrons. The minimum Gasteiger partial charge on any atom is -0.497 e. The number of nitrogens with zero attached hydrogens (tertiary/aromatic N) is 1. The Hall–Kier alpha value is -3.29. The van der Waals surface area contributed by atoms with Crippen LogP contribution in [-0.4, -0.2) is 37.5 Å². The summed E-state index contributed by atoms with van der Waals surface area (Å²) in [5, 5.41) is 5.66. The number of thiophene rings is 1. The molecule has 0 saturated carbocycles. The lowest BCUT2D eigenvalue weighted by molar-refractivity contribution is -0.136. The van der Waals surface area contributed by atoms with Crippen molar-refractivity contribution in [1.29, 1.82) is 0 Å². The molecule has 0 aliphatic carbocycles. The monoisotopic (exact) mass is 468 g/mol. The van der Waals surface area contributed by atoms with Gasteiger partial charge in [-0.3, -0.25) is 14.5 Å². The van der Waals surface area contributed by atoms with Crippen LogP contribution < -0.4 is 14.8 Å². The van der Waals surface area contributed by atoms with Crippen molar-refractivity contribution in [3.63, 3.8) is 0 Å². The molecule has 0 bridgehead atoms. The van der Waals surface area contributed by atoms with Crippen molar-refractivity contribution in [3.8, 4) is 11.5 Å². The first-order chi connectivity index (χ1) is 15.5. The maximum Gasteiger partial charge on any atom is 0.278 e. The van der Waals surface area contributed by atoms with Gasteiger partial charge in [0.25, 0.3) is 11.8 Å². The van der Waals surface area contributed by atoms with Gasteiger partial charge in [-0.15, -0.1) is 11.3 Å². The van der Waals surface area contributed by atoms with Crippen molar-refractivity contribution in [2.24, 2.45) is 0 Å². The fraction of sp³-hybridized carbons (Fsp3) is 0.167. The topological polar surface area (TPSA) is 67.9 Å². The summed E-state index contributed by atoms with van der Waals surface area (Å²) in [5.41, 5.74) is 2.15. The van der Waals surface area contributed by atoms with Gasteiger partial charge in [-0.05, 0) is 47.7 Å². The fourth-order valence-electron chi connectivity index (χ4n) is 3.47. The molecule has 0 atom stereocenters. The molecule has 0 spiro atoms. The van der Waals surface area contributed by atoms with Gasteiger partial charge in [0.1, 0.15) is 17.2 Å². The van der Waals surface area contributed by atoms with E-state index in [0.29, 0.717) is 34.2 Å². The molecule has 1 aliphatic heterocycles. The summed E-state index contributed by atoms with van der Waals surface area (Å²) in [6, 6.07) is 16.3. The molecule has 1 aliphatic rings. The van der Waals surface area contributed by atoms with E-state index in [1.54, 1.807) is 37.4 Å². The summed E-state index contributed by atoms with van der Waals surface area (Å²) < 4.78 is 10.7. The van der Waals surface area contributed by atoms with E-state index < -0.39 is 0 Å². The molecular formula is C24H21ClN2O4S. The van der Waals surface area contributed by atoms with Crippen molar-refractivity contribution >= 4 is 46.0 Å². The van der Waals surface area contributed by atoms with E-state index in [1.165, 1.54) is 23.3 Å². The van der Waals surface area contributed by atoms with E-state index in [1.807, 2.05) is 29.6 Å². The van der Waals surface area contributed by atoms with Crippen LogP contribution in [-0.2, 0) is 16.0 Å². The van der Waals surface area contributed by atoms with Crippen molar-refractivity contribution in [3.05, 3.63) is 81.1 Å². The zero-order chi connectivity index (χ0) is 22.7. The molecule has 8 heteroatoms. The van der Waals surface area contributed by atoms with Crippen molar-refractivity contribution in [1.82, 2.24) is 4.90 Å². The number of nitrogens with one attached hydrogen (secondary N) is 1. The molecule has 3 aromatic rings. The maximum atomic E-state index is 13.3. The smallest absolute Gasteiger partial charge is 0.278 e. The van der Waals surface area contributed by atoms with E-state index in [9.17, 15) is 9.59 Å².